The molecule has 0 aliphatic rings. The largest absolute Gasteiger partial charge is 0.339 e. The quantitative estimate of drug-likeness (QED) is 0.646. The summed E-state index contributed by atoms with van der Waals surface area (Å²) in [6, 6.07) is 9.30. The van der Waals surface area contributed by atoms with Gasteiger partial charge in [0.1, 0.15) is 0 Å². The van der Waals surface area contributed by atoms with Crippen LogP contribution in [0.1, 0.15) is 29.8 Å². The van der Waals surface area contributed by atoms with Crippen LogP contribution in [0.3, 0.4) is 0 Å². The lowest BCUT2D eigenvalue weighted by atomic mass is 10.1. The van der Waals surface area contributed by atoms with E-state index in [0.29, 0.717) is 5.56 Å². The van der Waals surface area contributed by atoms with E-state index in [0.717, 1.165) is 17.7 Å². The first-order chi connectivity index (χ1) is 14.2. The molecule has 0 aliphatic carbocycles. The lowest BCUT2D eigenvalue weighted by Crippen LogP contribution is -2.39. The van der Waals surface area contributed by atoms with E-state index in [1.165, 1.54) is 6.07 Å². The number of nitrogens with zero attached hydrogens (tertiary/aromatic N) is 1. The number of hydrogen-bond acceptors (Lipinski definition) is 3. The summed E-state index contributed by atoms with van der Waals surface area (Å²) < 4.78 is 26.0. The van der Waals surface area contributed by atoms with E-state index in [-0.39, 0.29) is 30.7 Å². The Balaban J connectivity index is 1.77. The van der Waals surface area contributed by atoms with Crippen molar-refractivity contribution in [1.29, 1.82) is 0 Å². The highest BCUT2D eigenvalue weighted by molar-refractivity contribution is 5.95. The van der Waals surface area contributed by atoms with Crippen molar-refractivity contribution < 1.29 is 23.2 Å². The summed E-state index contributed by atoms with van der Waals surface area (Å²) in [5.74, 6) is -2.78. The Bertz CT molecular complexity index is 917. The Morgan fingerprint density at radius 1 is 0.967 bits per heavy atom. The van der Waals surface area contributed by atoms with Gasteiger partial charge in [0, 0.05) is 37.0 Å². The van der Waals surface area contributed by atoms with Gasteiger partial charge in [0.2, 0.25) is 5.91 Å². The molecule has 0 heterocycles. The van der Waals surface area contributed by atoms with Gasteiger partial charge in [0.05, 0.1) is 6.54 Å². The van der Waals surface area contributed by atoms with Crippen LogP contribution in [0, 0.1) is 11.6 Å². The van der Waals surface area contributed by atoms with Crippen molar-refractivity contribution in [2.75, 3.05) is 18.9 Å². The maximum atomic E-state index is 13.1. The normalized spacial score (nSPS) is 10.5. The van der Waals surface area contributed by atoms with Crippen LogP contribution in [0.25, 0.3) is 0 Å². The molecule has 2 aromatic carbocycles. The number of nitrogens with one attached hydrogen (secondary N) is 3. The molecule has 4 amide bonds. The van der Waals surface area contributed by atoms with Gasteiger partial charge < -0.3 is 20.9 Å². The number of rotatable bonds is 7. The van der Waals surface area contributed by atoms with Crippen LogP contribution in [-0.2, 0) is 11.3 Å². The lowest BCUT2D eigenvalue weighted by molar-refractivity contribution is -0.115. The fraction of sp³-hybridized carbons (Fsp3) is 0.286. The zero-order valence-electron chi connectivity index (χ0n) is 17.0. The number of anilines is 1. The standard InChI is InChI=1S/C21H24F2N4O3/c1-13(2)27(3)20(29)15-6-4-14(5-7-15)11-24-21(30)25-12-19(28)26-16-8-9-17(22)18(23)10-16/h4-10,13H,11-12H2,1-3H3,(H,26,28)(H2,24,25,30). The molecule has 9 heteroatoms. The van der Waals surface area contributed by atoms with Crippen LogP contribution in [0.2, 0.25) is 0 Å². The molecular formula is C21H24F2N4O3. The Morgan fingerprint density at radius 2 is 1.63 bits per heavy atom. The molecule has 0 fully saturated rings. The Hall–Kier alpha value is -3.49. The molecule has 0 atom stereocenters. The van der Waals surface area contributed by atoms with Crippen molar-refractivity contribution >= 4 is 23.5 Å². The van der Waals surface area contributed by atoms with Crippen LogP contribution in [0.4, 0.5) is 19.3 Å². The smallest absolute Gasteiger partial charge is 0.315 e. The summed E-state index contributed by atoms with van der Waals surface area (Å²) in [6.07, 6.45) is 0. The molecule has 0 saturated heterocycles. The first-order valence-electron chi connectivity index (χ1n) is 9.30. The highest BCUT2D eigenvalue weighted by Crippen LogP contribution is 2.12. The highest BCUT2D eigenvalue weighted by Gasteiger charge is 2.14. The third-order valence-corrected chi connectivity index (χ3v) is 4.36. The molecule has 0 unspecified atom stereocenters. The van der Waals surface area contributed by atoms with E-state index >= 15 is 0 Å². The topological polar surface area (TPSA) is 90.5 Å². The van der Waals surface area contributed by atoms with E-state index in [1.807, 2.05) is 13.8 Å². The maximum Gasteiger partial charge on any atom is 0.315 e. The van der Waals surface area contributed by atoms with E-state index in [9.17, 15) is 23.2 Å². The number of urea groups is 1. The van der Waals surface area contributed by atoms with Crippen molar-refractivity contribution in [3.8, 4) is 0 Å². The van der Waals surface area contributed by atoms with Gasteiger partial charge in [0.25, 0.3) is 5.91 Å². The van der Waals surface area contributed by atoms with Gasteiger partial charge in [-0.3, -0.25) is 9.59 Å². The van der Waals surface area contributed by atoms with E-state index < -0.39 is 23.6 Å². The molecule has 0 radical (unpaired) electrons. The van der Waals surface area contributed by atoms with Crippen LogP contribution >= 0.6 is 0 Å². The Labute approximate surface area is 173 Å². The van der Waals surface area contributed by atoms with Gasteiger partial charge in [-0.2, -0.15) is 0 Å². The number of hydrogen-bond donors (Lipinski definition) is 3. The molecule has 0 bridgehead atoms. The fourth-order valence-electron chi connectivity index (χ4n) is 2.39. The molecular weight excluding hydrogens is 394 g/mol. The summed E-state index contributed by atoms with van der Waals surface area (Å²) >= 11 is 0. The molecule has 2 aromatic rings. The second kappa shape index (κ2) is 10.3. The van der Waals surface area contributed by atoms with Gasteiger partial charge in [-0.25, -0.2) is 13.6 Å². The first-order valence-corrected chi connectivity index (χ1v) is 9.30. The molecule has 0 spiro atoms. The molecule has 0 saturated carbocycles. The molecule has 3 N–H and O–H groups in total. The molecule has 0 aliphatic heterocycles. The number of carbonyl (C=O) groups is 3. The summed E-state index contributed by atoms with van der Waals surface area (Å²) in [7, 11) is 1.73. The Kier molecular flexibility index (Phi) is 7.85. The zero-order valence-corrected chi connectivity index (χ0v) is 17.0. The third-order valence-electron chi connectivity index (χ3n) is 4.36. The molecule has 160 valence electrons. The summed E-state index contributed by atoms with van der Waals surface area (Å²) in [4.78, 5) is 37.5. The monoisotopic (exact) mass is 418 g/mol. The van der Waals surface area contributed by atoms with Crippen molar-refractivity contribution in [3.05, 3.63) is 65.2 Å². The maximum absolute atomic E-state index is 13.1. The average molecular weight is 418 g/mol. The predicted octanol–water partition coefficient (Wildman–Crippen LogP) is 2.88. The predicted molar refractivity (Wildman–Crippen MR) is 109 cm³/mol. The number of benzene rings is 2. The number of halogens is 2. The summed E-state index contributed by atoms with van der Waals surface area (Å²) in [6.45, 7) is 3.70. The van der Waals surface area contributed by atoms with Gasteiger partial charge in [0.15, 0.2) is 11.6 Å². The van der Waals surface area contributed by atoms with Crippen molar-refractivity contribution in [2.24, 2.45) is 0 Å². The number of carbonyl (C=O) groups excluding carboxylic acids is 3. The molecule has 30 heavy (non-hydrogen) atoms. The lowest BCUT2D eigenvalue weighted by Gasteiger charge is -2.21. The minimum atomic E-state index is -1.08. The molecule has 0 aromatic heterocycles. The summed E-state index contributed by atoms with van der Waals surface area (Å²) in [5.41, 5.74) is 1.41. The Morgan fingerprint density at radius 3 is 2.23 bits per heavy atom. The summed E-state index contributed by atoms with van der Waals surface area (Å²) in [5, 5.41) is 7.30. The van der Waals surface area contributed by atoms with E-state index in [2.05, 4.69) is 16.0 Å². The molecule has 2 rings (SSSR count). The van der Waals surface area contributed by atoms with Crippen molar-refractivity contribution in [2.45, 2.75) is 26.4 Å². The minimum Gasteiger partial charge on any atom is -0.339 e. The first kappa shape index (κ1) is 22.8. The van der Waals surface area contributed by atoms with Gasteiger partial charge in [-0.1, -0.05) is 12.1 Å². The van der Waals surface area contributed by atoms with E-state index in [4.69, 9.17) is 0 Å². The number of amides is 4. The minimum absolute atomic E-state index is 0.0823. The van der Waals surface area contributed by atoms with Gasteiger partial charge >= 0.3 is 6.03 Å². The van der Waals surface area contributed by atoms with Crippen molar-refractivity contribution in [3.63, 3.8) is 0 Å². The average Bonchev–Trinajstić information content (AvgIpc) is 2.72. The molecule has 7 nitrogen and oxygen atoms in total. The SMILES string of the molecule is CC(C)N(C)C(=O)c1ccc(CNC(=O)NCC(=O)Nc2ccc(F)c(F)c2)cc1. The van der Waals surface area contributed by atoms with Crippen LogP contribution in [0.15, 0.2) is 42.5 Å². The second-order valence-corrected chi connectivity index (χ2v) is 6.92. The fourth-order valence-corrected chi connectivity index (χ4v) is 2.39. The van der Waals surface area contributed by atoms with Crippen LogP contribution < -0.4 is 16.0 Å². The second-order valence-electron chi connectivity index (χ2n) is 6.92. The zero-order chi connectivity index (χ0) is 22.3. The van der Waals surface area contributed by atoms with E-state index in [1.54, 1.807) is 36.2 Å². The van der Waals surface area contributed by atoms with Gasteiger partial charge in [-0.05, 0) is 43.7 Å². The third kappa shape index (κ3) is 6.54. The van der Waals surface area contributed by atoms with Crippen molar-refractivity contribution in [1.82, 2.24) is 15.5 Å². The van der Waals surface area contributed by atoms with Crippen LogP contribution in [0.5, 0.6) is 0 Å². The highest BCUT2D eigenvalue weighted by atomic mass is 19.2. The van der Waals surface area contributed by atoms with Crippen LogP contribution in [-0.4, -0.2) is 42.4 Å². The van der Waals surface area contributed by atoms with Gasteiger partial charge in [-0.15, -0.1) is 0 Å².